The third-order valence-electron chi connectivity index (χ3n) is 3.45. The van der Waals surface area contributed by atoms with Gasteiger partial charge in [0.15, 0.2) is 0 Å². The fraction of sp³-hybridized carbons (Fsp3) is 0.500. The van der Waals surface area contributed by atoms with E-state index in [9.17, 15) is 13.6 Å². The van der Waals surface area contributed by atoms with Crippen LogP contribution in [0.2, 0.25) is 0 Å². The first-order chi connectivity index (χ1) is 8.87. The molecule has 1 saturated carbocycles. The smallest absolute Gasteiger partial charge is 0.248 e. The van der Waals surface area contributed by atoms with E-state index in [1.165, 1.54) is 0 Å². The molecule has 1 aromatic rings. The number of alkyl halides is 2. The molecule has 5 heteroatoms. The summed E-state index contributed by atoms with van der Waals surface area (Å²) in [5, 5.41) is 2.74. The van der Waals surface area contributed by atoms with Gasteiger partial charge in [-0.2, -0.15) is 0 Å². The molecule has 1 fully saturated rings. The van der Waals surface area contributed by atoms with Gasteiger partial charge in [0.1, 0.15) is 0 Å². The lowest BCUT2D eigenvalue weighted by atomic mass is 9.86. The second kappa shape index (κ2) is 5.73. The first-order valence-electron chi connectivity index (χ1n) is 6.32. The Balaban J connectivity index is 2.02. The topological polar surface area (TPSA) is 29.1 Å². The zero-order valence-electron chi connectivity index (χ0n) is 10.7. The summed E-state index contributed by atoms with van der Waals surface area (Å²) >= 11 is 2.19. The van der Waals surface area contributed by atoms with Crippen LogP contribution in [0.3, 0.4) is 0 Å². The molecule has 0 bridgehead atoms. The number of hydrogen-bond donors (Lipinski definition) is 1. The fourth-order valence-corrected chi connectivity index (χ4v) is 2.83. The van der Waals surface area contributed by atoms with Crippen molar-refractivity contribution in [3.8, 4) is 0 Å². The van der Waals surface area contributed by atoms with E-state index in [-0.39, 0.29) is 18.7 Å². The van der Waals surface area contributed by atoms with Gasteiger partial charge < -0.3 is 5.32 Å². The maximum absolute atomic E-state index is 13.3. The molecule has 1 aliphatic rings. The summed E-state index contributed by atoms with van der Waals surface area (Å²) in [7, 11) is 0. The highest BCUT2D eigenvalue weighted by molar-refractivity contribution is 14.1. The lowest BCUT2D eigenvalue weighted by Gasteiger charge is -2.28. The molecule has 1 unspecified atom stereocenters. The molecule has 19 heavy (non-hydrogen) atoms. The standard InChI is InChI=1S/C14H16F2INO/c1-9-4-5-11(7-12(9)17)18-13(19)10-3-2-6-14(15,16)8-10/h4-5,7,10H,2-3,6,8H2,1H3,(H,18,19). The van der Waals surface area contributed by atoms with Crippen molar-refractivity contribution in [3.05, 3.63) is 27.3 Å². The van der Waals surface area contributed by atoms with Crippen molar-refractivity contribution in [3.63, 3.8) is 0 Å². The maximum Gasteiger partial charge on any atom is 0.248 e. The Morgan fingerprint density at radius 3 is 2.84 bits per heavy atom. The van der Waals surface area contributed by atoms with E-state index in [0.717, 1.165) is 9.13 Å². The van der Waals surface area contributed by atoms with Crippen LogP contribution in [0.25, 0.3) is 0 Å². The molecule has 0 saturated heterocycles. The minimum atomic E-state index is -2.69. The van der Waals surface area contributed by atoms with Crippen molar-refractivity contribution in [1.82, 2.24) is 0 Å². The highest BCUT2D eigenvalue weighted by Crippen LogP contribution is 2.37. The van der Waals surface area contributed by atoms with Crippen molar-refractivity contribution in [2.45, 2.75) is 38.5 Å². The molecule has 0 aromatic heterocycles. The molecule has 0 aliphatic heterocycles. The maximum atomic E-state index is 13.3. The molecule has 0 radical (unpaired) electrons. The van der Waals surface area contributed by atoms with Crippen LogP contribution >= 0.6 is 22.6 Å². The molecule has 1 amide bonds. The van der Waals surface area contributed by atoms with Crippen molar-refractivity contribution in [1.29, 1.82) is 0 Å². The average molecular weight is 379 g/mol. The van der Waals surface area contributed by atoms with E-state index in [1.807, 2.05) is 19.1 Å². The molecular weight excluding hydrogens is 363 g/mol. The van der Waals surface area contributed by atoms with E-state index in [1.54, 1.807) is 6.07 Å². The molecule has 1 N–H and O–H groups in total. The van der Waals surface area contributed by atoms with E-state index in [0.29, 0.717) is 18.5 Å². The summed E-state index contributed by atoms with van der Waals surface area (Å²) in [6.07, 6.45) is 0.530. The second-order valence-electron chi connectivity index (χ2n) is 5.10. The van der Waals surface area contributed by atoms with Gasteiger partial charge in [0.2, 0.25) is 11.8 Å². The third kappa shape index (κ3) is 3.87. The normalized spacial score (nSPS) is 22.0. The average Bonchev–Trinajstić information content (AvgIpc) is 2.32. The number of halogens is 3. The van der Waals surface area contributed by atoms with E-state index in [2.05, 4.69) is 27.9 Å². The predicted molar refractivity (Wildman–Crippen MR) is 79.4 cm³/mol. The Hall–Kier alpha value is -0.720. The lowest BCUT2D eigenvalue weighted by Crippen LogP contribution is -2.33. The zero-order chi connectivity index (χ0) is 14.0. The van der Waals surface area contributed by atoms with Crippen LogP contribution in [-0.2, 0) is 4.79 Å². The van der Waals surface area contributed by atoms with Crippen LogP contribution in [0.1, 0.15) is 31.2 Å². The SMILES string of the molecule is Cc1ccc(NC(=O)C2CCCC(F)(F)C2)cc1I. The highest BCUT2D eigenvalue weighted by atomic mass is 127. The quantitative estimate of drug-likeness (QED) is 0.760. The van der Waals surface area contributed by atoms with Crippen LogP contribution in [-0.4, -0.2) is 11.8 Å². The molecular formula is C14H16F2INO. The number of nitrogens with one attached hydrogen (secondary N) is 1. The number of rotatable bonds is 2. The first-order valence-corrected chi connectivity index (χ1v) is 7.40. The van der Waals surface area contributed by atoms with Crippen LogP contribution in [0.4, 0.5) is 14.5 Å². The van der Waals surface area contributed by atoms with Gasteiger partial charge in [-0.1, -0.05) is 6.07 Å². The van der Waals surface area contributed by atoms with Gasteiger partial charge in [0, 0.05) is 28.0 Å². The molecule has 0 heterocycles. The number of amides is 1. The summed E-state index contributed by atoms with van der Waals surface area (Å²) in [6, 6.07) is 5.57. The van der Waals surface area contributed by atoms with E-state index < -0.39 is 11.8 Å². The monoisotopic (exact) mass is 379 g/mol. The van der Waals surface area contributed by atoms with Crippen LogP contribution in [0.15, 0.2) is 18.2 Å². The molecule has 0 spiro atoms. The molecule has 104 valence electrons. The Bertz CT molecular complexity index is 490. The Morgan fingerprint density at radius 2 is 2.21 bits per heavy atom. The third-order valence-corrected chi connectivity index (χ3v) is 4.61. The van der Waals surface area contributed by atoms with Crippen molar-refractivity contribution in [2.75, 3.05) is 5.32 Å². The van der Waals surface area contributed by atoms with Gasteiger partial charge in [0.05, 0.1) is 0 Å². The van der Waals surface area contributed by atoms with Crippen LogP contribution in [0.5, 0.6) is 0 Å². The van der Waals surface area contributed by atoms with Gasteiger partial charge >= 0.3 is 0 Å². The molecule has 2 rings (SSSR count). The second-order valence-corrected chi connectivity index (χ2v) is 6.26. The van der Waals surface area contributed by atoms with Crippen molar-refractivity contribution in [2.24, 2.45) is 5.92 Å². The number of carbonyl (C=O) groups excluding carboxylic acids is 1. The Kier molecular flexibility index (Phi) is 4.43. The Labute approximate surface area is 125 Å². The molecule has 1 aromatic carbocycles. The molecule has 2 nitrogen and oxygen atoms in total. The van der Waals surface area contributed by atoms with Gasteiger partial charge in [-0.25, -0.2) is 8.78 Å². The predicted octanol–water partition coefficient (Wildman–Crippen LogP) is 4.36. The van der Waals surface area contributed by atoms with Crippen LogP contribution < -0.4 is 5.32 Å². The van der Waals surface area contributed by atoms with E-state index in [4.69, 9.17) is 0 Å². The zero-order valence-corrected chi connectivity index (χ0v) is 12.8. The van der Waals surface area contributed by atoms with Crippen molar-refractivity contribution >= 4 is 34.2 Å². The summed E-state index contributed by atoms with van der Waals surface area (Å²) in [5.74, 6) is -3.57. The van der Waals surface area contributed by atoms with Crippen LogP contribution in [0, 0.1) is 16.4 Å². The number of hydrogen-bond acceptors (Lipinski definition) is 1. The summed E-state index contributed by atoms with van der Waals surface area (Å²) in [5.41, 5.74) is 1.80. The van der Waals surface area contributed by atoms with Gasteiger partial charge in [-0.05, 0) is 60.1 Å². The summed E-state index contributed by atoms with van der Waals surface area (Å²) in [4.78, 5) is 12.0. The minimum Gasteiger partial charge on any atom is -0.326 e. The van der Waals surface area contributed by atoms with Crippen molar-refractivity contribution < 1.29 is 13.6 Å². The molecule has 1 aliphatic carbocycles. The number of carbonyl (C=O) groups is 1. The van der Waals surface area contributed by atoms with E-state index >= 15 is 0 Å². The van der Waals surface area contributed by atoms with Gasteiger partial charge in [-0.3, -0.25) is 4.79 Å². The van der Waals surface area contributed by atoms with Gasteiger partial charge in [-0.15, -0.1) is 0 Å². The van der Waals surface area contributed by atoms with Gasteiger partial charge in [0.25, 0.3) is 0 Å². The molecule has 1 atom stereocenters. The number of benzene rings is 1. The largest absolute Gasteiger partial charge is 0.326 e. The fourth-order valence-electron chi connectivity index (χ4n) is 2.31. The number of aryl methyl sites for hydroxylation is 1. The lowest BCUT2D eigenvalue weighted by molar-refractivity contribution is -0.127. The number of anilines is 1. The highest BCUT2D eigenvalue weighted by Gasteiger charge is 2.39. The Morgan fingerprint density at radius 1 is 1.47 bits per heavy atom. The summed E-state index contributed by atoms with van der Waals surface area (Å²) < 4.78 is 27.6. The minimum absolute atomic E-state index is 0.0980. The summed E-state index contributed by atoms with van der Waals surface area (Å²) in [6.45, 7) is 1.98. The first kappa shape index (κ1) is 14.7.